The van der Waals surface area contributed by atoms with E-state index < -0.39 is 38.9 Å². The van der Waals surface area contributed by atoms with E-state index in [0.29, 0.717) is 21.7 Å². The van der Waals surface area contributed by atoms with Crippen LogP contribution in [0.5, 0.6) is 0 Å². The van der Waals surface area contributed by atoms with Crippen LogP contribution >= 0.6 is 27.7 Å². The number of benzene rings is 4. The maximum absolute atomic E-state index is 13.3. The van der Waals surface area contributed by atoms with Crippen molar-refractivity contribution in [2.24, 2.45) is 5.14 Å². The number of imide groups is 1. The van der Waals surface area contributed by atoms with Gasteiger partial charge < -0.3 is 10.6 Å². The zero-order valence-electron chi connectivity index (χ0n) is 23.3. The van der Waals surface area contributed by atoms with E-state index in [0.717, 1.165) is 9.37 Å². The summed E-state index contributed by atoms with van der Waals surface area (Å²) in [6.45, 7) is 0. The van der Waals surface area contributed by atoms with E-state index in [-0.39, 0.29) is 22.7 Å². The normalized spacial score (nSPS) is 15.2. The number of rotatable bonds is 9. The highest BCUT2D eigenvalue weighted by Gasteiger charge is 2.40. The number of primary sulfonamides is 1. The number of hydrogen-bond acceptors (Lipinski definition) is 7. The highest BCUT2D eigenvalue weighted by atomic mass is 79.9. The maximum atomic E-state index is 13.3. The molecule has 0 radical (unpaired) electrons. The van der Waals surface area contributed by atoms with E-state index >= 15 is 0 Å². The van der Waals surface area contributed by atoms with Crippen LogP contribution < -0.4 is 20.7 Å². The third-order valence-corrected chi connectivity index (χ3v) is 9.28. The summed E-state index contributed by atoms with van der Waals surface area (Å²) < 4.78 is 23.9. The molecular formula is C32H25BrN4O6S2. The fourth-order valence-corrected chi connectivity index (χ4v) is 6.23. The molecule has 4 aromatic carbocycles. The van der Waals surface area contributed by atoms with Crippen molar-refractivity contribution in [2.75, 3.05) is 10.2 Å². The van der Waals surface area contributed by atoms with Crippen molar-refractivity contribution in [2.45, 2.75) is 21.5 Å². The molecule has 0 saturated carbocycles. The molecule has 0 aromatic heterocycles. The van der Waals surface area contributed by atoms with Gasteiger partial charge in [0.2, 0.25) is 21.8 Å². The van der Waals surface area contributed by atoms with E-state index in [2.05, 4.69) is 26.6 Å². The Morgan fingerprint density at radius 3 is 2.16 bits per heavy atom. The van der Waals surface area contributed by atoms with Gasteiger partial charge in [-0.3, -0.25) is 19.2 Å². The number of nitrogens with zero attached hydrogens (tertiary/aromatic N) is 1. The highest BCUT2D eigenvalue weighted by Crippen LogP contribution is 2.34. The lowest BCUT2D eigenvalue weighted by Crippen LogP contribution is -2.31. The van der Waals surface area contributed by atoms with E-state index in [4.69, 9.17) is 5.14 Å². The van der Waals surface area contributed by atoms with Gasteiger partial charge in [-0.2, -0.15) is 0 Å². The Morgan fingerprint density at radius 1 is 0.889 bits per heavy atom. The summed E-state index contributed by atoms with van der Waals surface area (Å²) >= 11 is 4.58. The molecule has 1 aliphatic heterocycles. The Hall–Kier alpha value is -4.56. The third kappa shape index (κ3) is 7.94. The van der Waals surface area contributed by atoms with Gasteiger partial charge in [-0.05, 0) is 84.4 Å². The first kappa shape index (κ1) is 31.9. The monoisotopic (exact) mass is 704 g/mol. The van der Waals surface area contributed by atoms with Crippen LogP contribution in [0.3, 0.4) is 0 Å². The first-order valence-electron chi connectivity index (χ1n) is 13.4. The Labute approximate surface area is 271 Å². The summed E-state index contributed by atoms with van der Waals surface area (Å²) in [5.41, 5.74) is 1.84. The molecule has 10 nitrogen and oxygen atoms in total. The number of carbonyl (C=O) groups excluding carboxylic acids is 4. The predicted octanol–water partition coefficient (Wildman–Crippen LogP) is 4.93. The van der Waals surface area contributed by atoms with Gasteiger partial charge in [0.05, 0.1) is 15.8 Å². The van der Waals surface area contributed by atoms with Gasteiger partial charge in [0.1, 0.15) is 5.70 Å². The lowest BCUT2D eigenvalue weighted by atomic mass is 10.1. The fourth-order valence-electron chi connectivity index (χ4n) is 4.40. The molecular weight excluding hydrogens is 680 g/mol. The molecule has 1 atom stereocenters. The quantitative estimate of drug-likeness (QED) is 0.165. The smallest absolute Gasteiger partial charge is 0.272 e. The molecule has 1 saturated heterocycles. The van der Waals surface area contributed by atoms with Gasteiger partial charge in [0.25, 0.3) is 11.8 Å². The average Bonchev–Trinajstić information content (AvgIpc) is 3.30. The summed E-state index contributed by atoms with van der Waals surface area (Å²) in [5, 5.41) is 9.93. The highest BCUT2D eigenvalue weighted by molar-refractivity contribution is 9.10. The second kappa shape index (κ2) is 13.6. The van der Waals surface area contributed by atoms with Crippen molar-refractivity contribution in [3.05, 3.63) is 124 Å². The second-order valence-electron chi connectivity index (χ2n) is 9.83. The van der Waals surface area contributed by atoms with Crippen molar-refractivity contribution in [1.82, 2.24) is 5.32 Å². The molecule has 1 aliphatic rings. The van der Waals surface area contributed by atoms with Crippen LogP contribution in [-0.2, 0) is 24.4 Å². The minimum absolute atomic E-state index is 0.0374. The van der Waals surface area contributed by atoms with Crippen LogP contribution in [-0.4, -0.2) is 37.3 Å². The molecule has 228 valence electrons. The van der Waals surface area contributed by atoms with Gasteiger partial charge in [-0.15, -0.1) is 11.8 Å². The zero-order valence-corrected chi connectivity index (χ0v) is 26.6. The van der Waals surface area contributed by atoms with Gasteiger partial charge >= 0.3 is 0 Å². The van der Waals surface area contributed by atoms with Crippen molar-refractivity contribution >= 4 is 78.8 Å². The molecule has 1 fully saturated rings. The molecule has 4 aromatic rings. The molecule has 5 rings (SSSR count). The second-order valence-corrected chi connectivity index (χ2v) is 13.6. The zero-order chi connectivity index (χ0) is 32.1. The van der Waals surface area contributed by atoms with Gasteiger partial charge in [-0.25, -0.2) is 18.5 Å². The lowest BCUT2D eigenvalue weighted by molar-refractivity contribution is -0.121. The number of hydrogen-bond donors (Lipinski definition) is 3. The largest absolute Gasteiger partial charge is 0.321 e. The molecule has 1 unspecified atom stereocenters. The Kier molecular flexibility index (Phi) is 9.63. The number of thioether (sulfide) groups is 1. The first-order chi connectivity index (χ1) is 21.5. The summed E-state index contributed by atoms with van der Waals surface area (Å²) in [6, 6.07) is 27.7. The van der Waals surface area contributed by atoms with Crippen molar-refractivity contribution in [3.8, 4) is 0 Å². The maximum Gasteiger partial charge on any atom is 0.272 e. The number of halogens is 1. The lowest BCUT2D eigenvalue weighted by Gasteiger charge is -2.15. The van der Waals surface area contributed by atoms with Crippen LogP contribution in [0.25, 0.3) is 6.08 Å². The summed E-state index contributed by atoms with van der Waals surface area (Å²) in [5.74, 6) is -1.82. The Balaban J connectivity index is 1.27. The molecule has 4 N–H and O–H groups in total. The summed E-state index contributed by atoms with van der Waals surface area (Å²) in [4.78, 5) is 53.5. The predicted molar refractivity (Wildman–Crippen MR) is 176 cm³/mol. The third-order valence-electron chi connectivity index (χ3n) is 6.63. The standard InChI is InChI=1S/C32H25BrN4O6S2/c33-22-8-6-20(7-9-22)18-27(36-30(39)21-4-2-1-3-5-21)31(40)35-23-10-14-25(15-11-23)44-28-19-29(38)37(32(28)41)24-12-16-26(17-13-24)45(34,42)43/h1-18,28H,19H2,(H,35,40)(H,36,39)(H2,34,42,43)/b27-18-. The van der Waals surface area contributed by atoms with Crippen LogP contribution in [0.4, 0.5) is 11.4 Å². The number of anilines is 2. The van der Waals surface area contributed by atoms with E-state index in [1.165, 1.54) is 36.0 Å². The SMILES string of the molecule is NS(=O)(=O)c1ccc(N2C(=O)CC(Sc3ccc(NC(=O)/C(=C/c4ccc(Br)cc4)NC(=O)c4ccccc4)cc3)C2=O)cc1. The van der Waals surface area contributed by atoms with E-state index in [1.54, 1.807) is 72.8 Å². The molecule has 0 spiro atoms. The Morgan fingerprint density at radius 2 is 1.53 bits per heavy atom. The first-order valence-corrected chi connectivity index (χ1v) is 16.6. The van der Waals surface area contributed by atoms with Crippen LogP contribution in [0.1, 0.15) is 22.3 Å². The molecule has 13 heteroatoms. The molecule has 1 heterocycles. The molecule has 0 aliphatic carbocycles. The van der Waals surface area contributed by atoms with Gasteiger partial charge in [-0.1, -0.05) is 46.3 Å². The minimum Gasteiger partial charge on any atom is -0.321 e. The van der Waals surface area contributed by atoms with Gasteiger partial charge in [0.15, 0.2) is 0 Å². The van der Waals surface area contributed by atoms with E-state index in [9.17, 15) is 27.6 Å². The van der Waals surface area contributed by atoms with Crippen LogP contribution in [0, 0.1) is 0 Å². The number of nitrogens with two attached hydrogens (primary N) is 1. The molecule has 0 bridgehead atoms. The molecule has 45 heavy (non-hydrogen) atoms. The minimum atomic E-state index is -3.91. The van der Waals surface area contributed by atoms with Crippen molar-refractivity contribution in [1.29, 1.82) is 0 Å². The topological polar surface area (TPSA) is 156 Å². The van der Waals surface area contributed by atoms with E-state index in [1.807, 2.05) is 12.1 Å². The number of carbonyl (C=O) groups is 4. The number of sulfonamides is 1. The average molecular weight is 706 g/mol. The van der Waals surface area contributed by atoms with Crippen molar-refractivity contribution in [3.63, 3.8) is 0 Å². The van der Waals surface area contributed by atoms with Gasteiger partial charge in [0, 0.05) is 27.0 Å². The number of amides is 4. The van der Waals surface area contributed by atoms with Crippen molar-refractivity contribution < 1.29 is 27.6 Å². The molecule has 4 amide bonds. The summed E-state index contributed by atoms with van der Waals surface area (Å²) in [6.07, 6.45) is 1.54. The van der Waals surface area contributed by atoms with Crippen LogP contribution in [0.15, 0.2) is 123 Å². The summed E-state index contributed by atoms with van der Waals surface area (Å²) in [7, 11) is -3.91. The fraction of sp³-hybridized carbons (Fsp3) is 0.0625. The van der Waals surface area contributed by atoms with Crippen LogP contribution in [0.2, 0.25) is 0 Å². The number of nitrogens with one attached hydrogen (secondary N) is 2. The Bertz CT molecular complexity index is 1900.